The Morgan fingerprint density at radius 2 is 0.655 bits per heavy atom. The molecule has 0 aliphatic heterocycles. The maximum absolute atomic E-state index is 11.4. The van der Waals surface area contributed by atoms with Crippen molar-refractivity contribution in [3.05, 3.63) is 193 Å². The van der Waals surface area contributed by atoms with Gasteiger partial charge >= 0.3 is 0 Å². The molecule has 10 aromatic carbocycles. The number of benzene rings is 10. The predicted octanol–water partition coefficient (Wildman–Crippen LogP) is 14.0. The lowest BCUT2D eigenvalue weighted by Crippen LogP contribution is -2.03. The van der Waals surface area contributed by atoms with Crippen LogP contribution in [-0.2, 0) is 13.2 Å². The average molecular weight is 753 g/mol. The zero-order valence-electron chi connectivity index (χ0n) is 32.1. The van der Waals surface area contributed by atoms with Crippen LogP contribution in [0.1, 0.15) is 18.1 Å². The van der Waals surface area contributed by atoms with Crippen LogP contribution in [0.3, 0.4) is 0 Å². The van der Waals surface area contributed by atoms with Crippen molar-refractivity contribution < 1.29 is 19.3 Å². The van der Waals surface area contributed by atoms with Crippen LogP contribution >= 0.6 is 0 Å². The molecule has 0 saturated carbocycles. The quantitative estimate of drug-likeness (QED) is 0.151. The fourth-order valence-electron chi connectivity index (χ4n) is 8.55. The molecule has 58 heavy (non-hydrogen) atoms. The lowest BCUT2D eigenvalue weighted by atomic mass is 9.92. The fraction of sp³-hybridized carbons (Fsp3) is 0.0741. The molecule has 0 aromatic heterocycles. The van der Waals surface area contributed by atoms with Crippen molar-refractivity contribution in [2.24, 2.45) is 0 Å². The second-order valence-corrected chi connectivity index (χ2v) is 14.6. The molecular weight excluding hydrogens is 713 g/mol. The molecule has 4 nitrogen and oxygen atoms in total. The number of phenols is 1. The molecule has 0 saturated heterocycles. The first kappa shape index (κ1) is 35.1. The molecule has 0 aliphatic rings. The summed E-state index contributed by atoms with van der Waals surface area (Å²) in [7, 11) is 0. The number of hydrogen-bond donors (Lipinski definition) is 1. The van der Waals surface area contributed by atoms with Crippen molar-refractivity contribution >= 4 is 53.9 Å². The van der Waals surface area contributed by atoms with E-state index < -0.39 is 0 Å². The number of fused-ring (bicyclic) bond motifs is 5. The number of hydrogen-bond acceptors (Lipinski definition) is 4. The fourth-order valence-corrected chi connectivity index (χ4v) is 8.55. The topological polar surface area (TPSA) is 47.9 Å². The second-order valence-electron chi connectivity index (χ2n) is 14.6. The second kappa shape index (κ2) is 15.0. The van der Waals surface area contributed by atoms with E-state index in [0.29, 0.717) is 25.6 Å². The van der Waals surface area contributed by atoms with Gasteiger partial charge in [0, 0.05) is 22.3 Å². The minimum atomic E-state index is 0.221. The predicted molar refractivity (Wildman–Crippen MR) is 239 cm³/mol. The van der Waals surface area contributed by atoms with E-state index >= 15 is 0 Å². The van der Waals surface area contributed by atoms with Crippen LogP contribution in [0.5, 0.6) is 23.0 Å². The summed E-state index contributed by atoms with van der Waals surface area (Å²) in [4.78, 5) is 0. The molecule has 0 atom stereocenters. The Hall–Kier alpha value is -7.30. The maximum Gasteiger partial charge on any atom is 0.128 e. The number of phenolic OH excluding ortho intramolecular Hbond substituents is 1. The standard InChI is InChI=1S/C54H40O4/c1-2-56-48-30-26-37-15-5-9-21-45(37)53(48)54-46-22-10-6-16-38(46)28-32-50(54)58-34-40-24-23-39(41-17-11-12-18-42(40)41)33-57-49-31-27-36-14-4-8-20-44(36)52(49)51-43-19-7-3-13-35(43)25-29-47(51)55/h3-32,55H,2,33-34H2,1H3. The zero-order valence-corrected chi connectivity index (χ0v) is 32.1. The molecule has 280 valence electrons. The van der Waals surface area contributed by atoms with Gasteiger partial charge in [0.05, 0.1) is 6.61 Å². The van der Waals surface area contributed by atoms with Gasteiger partial charge in [-0.2, -0.15) is 0 Å². The first-order chi connectivity index (χ1) is 28.7. The van der Waals surface area contributed by atoms with E-state index in [0.717, 1.165) is 98.7 Å². The highest BCUT2D eigenvalue weighted by Gasteiger charge is 2.21. The van der Waals surface area contributed by atoms with Crippen molar-refractivity contribution in [1.82, 2.24) is 0 Å². The van der Waals surface area contributed by atoms with Gasteiger partial charge in [0.1, 0.15) is 36.2 Å². The van der Waals surface area contributed by atoms with Gasteiger partial charge < -0.3 is 19.3 Å². The van der Waals surface area contributed by atoms with Gasteiger partial charge in [-0.3, -0.25) is 0 Å². The zero-order chi connectivity index (χ0) is 39.0. The van der Waals surface area contributed by atoms with Gasteiger partial charge in [-0.05, 0) is 96.2 Å². The van der Waals surface area contributed by atoms with E-state index in [1.54, 1.807) is 6.07 Å². The molecule has 4 heteroatoms. The highest BCUT2D eigenvalue weighted by molar-refractivity contribution is 6.11. The lowest BCUT2D eigenvalue weighted by molar-refractivity contribution is 0.306. The van der Waals surface area contributed by atoms with Crippen molar-refractivity contribution in [3.8, 4) is 45.3 Å². The molecular formula is C54H40O4. The van der Waals surface area contributed by atoms with Gasteiger partial charge in [0.25, 0.3) is 0 Å². The maximum atomic E-state index is 11.4. The molecule has 10 aromatic rings. The van der Waals surface area contributed by atoms with Gasteiger partial charge in [-0.25, -0.2) is 0 Å². The van der Waals surface area contributed by atoms with E-state index in [4.69, 9.17) is 14.2 Å². The van der Waals surface area contributed by atoms with Crippen molar-refractivity contribution in [1.29, 1.82) is 0 Å². The molecule has 0 spiro atoms. The molecule has 0 unspecified atom stereocenters. The van der Waals surface area contributed by atoms with Crippen LogP contribution in [0.25, 0.3) is 76.1 Å². The minimum Gasteiger partial charge on any atom is -0.507 e. The first-order valence-electron chi connectivity index (χ1n) is 19.8. The van der Waals surface area contributed by atoms with Crippen LogP contribution in [-0.4, -0.2) is 11.7 Å². The molecule has 0 bridgehead atoms. The highest BCUT2D eigenvalue weighted by atomic mass is 16.5. The van der Waals surface area contributed by atoms with Crippen molar-refractivity contribution in [2.75, 3.05) is 6.61 Å². The summed E-state index contributed by atoms with van der Waals surface area (Å²) < 4.78 is 20.0. The monoisotopic (exact) mass is 752 g/mol. The Labute approximate surface area is 337 Å². The molecule has 1 N–H and O–H groups in total. The van der Waals surface area contributed by atoms with Crippen LogP contribution < -0.4 is 14.2 Å². The van der Waals surface area contributed by atoms with E-state index in [1.807, 2.05) is 43.3 Å². The molecule has 0 fully saturated rings. The van der Waals surface area contributed by atoms with E-state index in [1.165, 1.54) is 0 Å². The molecule has 0 radical (unpaired) electrons. The lowest BCUT2D eigenvalue weighted by Gasteiger charge is -2.20. The van der Waals surface area contributed by atoms with E-state index in [2.05, 4.69) is 140 Å². The van der Waals surface area contributed by atoms with Gasteiger partial charge in [0.2, 0.25) is 0 Å². The Morgan fingerprint density at radius 1 is 0.328 bits per heavy atom. The first-order valence-corrected chi connectivity index (χ1v) is 19.8. The Morgan fingerprint density at radius 3 is 1.07 bits per heavy atom. The summed E-state index contributed by atoms with van der Waals surface area (Å²) in [6.45, 7) is 3.30. The largest absolute Gasteiger partial charge is 0.507 e. The molecule has 0 aliphatic carbocycles. The average Bonchev–Trinajstić information content (AvgIpc) is 3.28. The summed E-state index contributed by atoms with van der Waals surface area (Å²) in [5, 5.41) is 22.2. The van der Waals surface area contributed by atoms with E-state index in [9.17, 15) is 5.11 Å². The summed E-state index contributed by atoms with van der Waals surface area (Å²) in [5.41, 5.74) is 5.85. The van der Waals surface area contributed by atoms with Crippen LogP contribution in [0, 0.1) is 0 Å². The highest BCUT2D eigenvalue weighted by Crippen LogP contribution is 2.47. The number of aromatic hydroxyl groups is 1. The smallest absolute Gasteiger partial charge is 0.128 e. The number of rotatable bonds is 10. The molecule has 10 rings (SSSR count). The Bertz CT molecular complexity index is 3160. The summed E-state index contributed by atoms with van der Waals surface area (Å²) in [6, 6.07) is 62.4. The van der Waals surface area contributed by atoms with Crippen LogP contribution in [0.4, 0.5) is 0 Å². The van der Waals surface area contributed by atoms with Crippen LogP contribution in [0.2, 0.25) is 0 Å². The number of ether oxygens (including phenoxy) is 3. The third kappa shape index (κ3) is 6.20. The van der Waals surface area contributed by atoms with Gasteiger partial charge in [-0.1, -0.05) is 158 Å². The Balaban J connectivity index is 1.02. The summed E-state index contributed by atoms with van der Waals surface area (Å²) in [6.07, 6.45) is 0. The molecule has 0 heterocycles. The molecule has 0 amide bonds. The normalized spacial score (nSPS) is 11.5. The summed E-state index contributed by atoms with van der Waals surface area (Å²) >= 11 is 0. The van der Waals surface area contributed by atoms with Gasteiger partial charge in [0.15, 0.2) is 0 Å². The summed E-state index contributed by atoms with van der Waals surface area (Å²) in [5.74, 6) is 2.57. The van der Waals surface area contributed by atoms with Crippen LogP contribution in [0.15, 0.2) is 182 Å². The van der Waals surface area contributed by atoms with Gasteiger partial charge in [-0.15, -0.1) is 0 Å². The minimum absolute atomic E-state index is 0.221. The van der Waals surface area contributed by atoms with E-state index in [-0.39, 0.29) is 5.75 Å². The van der Waals surface area contributed by atoms with Crippen molar-refractivity contribution in [3.63, 3.8) is 0 Å². The SMILES string of the molecule is CCOc1ccc2ccccc2c1-c1c(OCc2ccc(COc3ccc4ccccc4c3-c3c(O)ccc4ccccc34)c3ccccc23)ccc2ccccc12. The van der Waals surface area contributed by atoms with Crippen molar-refractivity contribution in [2.45, 2.75) is 20.1 Å². The third-order valence-electron chi connectivity index (χ3n) is 11.3. The third-order valence-corrected chi connectivity index (χ3v) is 11.3. The Kier molecular flexibility index (Phi) is 9.08.